The van der Waals surface area contributed by atoms with Crippen molar-refractivity contribution in [3.63, 3.8) is 0 Å². The molecule has 0 unspecified atom stereocenters. The molecule has 1 heterocycles. The minimum atomic E-state index is -3.48. The second kappa shape index (κ2) is 6.79. The van der Waals surface area contributed by atoms with Crippen LogP contribution in [-0.4, -0.2) is 24.5 Å². The van der Waals surface area contributed by atoms with E-state index in [2.05, 4.69) is 20.9 Å². The smallest absolute Gasteiger partial charge is 0.305 e. The van der Waals surface area contributed by atoms with E-state index >= 15 is 0 Å². The lowest BCUT2D eigenvalue weighted by Gasteiger charge is -2.18. The number of hydrogen-bond donors (Lipinski definition) is 0. The highest BCUT2D eigenvalue weighted by atomic mass is 79.9. The van der Waals surface area contributed by atoms with Gasteiger partial charge in [0.2, 0.25) is 0 Å². The number of carbonyl (C=O) groups is 1. The molecular formula is C14H15BrNO4P. The molecule has 0 aliphatic rings. The third-order valence-electron chi connectivity index (χ3n) is 2.77. The zero-order valence-electron chi connectivity index (χ0n) is 11.7. The standard InChI is InChI=1S/C14H15BrNO4P/c1-3-19-21(18,20-4-2)13-8-11(15)7-10-5-6-12(9-17)16-14(10)13/h5-9H,3-4H2,1-2H3. The average Bonchev–Trinajstić information content (AvgIpc) is 2.46. The lowest BCUT2D eigenvalue weighted by atomic mass is 10.2. The molecule has 112 valence electrons. The van der Waals surface area contributed by atoms with Gasteiger partial charge in [-0.3, -0.25) is 9.36 Å². The van der Waals surface area contributed by atoms with Crippen LogP contribution < -0.4 is 5.30 Å². The van der Waals surface area contributed by atoms with Crippen LogP contribution in [0, 0.1) is 0 Å². The molecule has 2 rings (SSSR count). The Morgan fingerprint density at radius 2 is 1.90 bits per heavy atom. The molecule has 0 aliphatic carbocycles. The normalized spacial score (nSPS) is 11.8. The summed E-state index contributed by atoms with van der Waals surface area (Å²) < 4.78 is 24.5. The van der Waals surface area contributed by atoms with Gasteiger partial charge >= 0.3 is 7.60 Å². The summed E-state index contributed by atoms with van der Waals surface area (Å²) in [5.41, 5.74) is 0.721. The topological polar surface area (TPSA) is 65.5 Å². The molecule has 0 saturated heterocycles. The van der Waals surface area contributed by atoms with Crippen molar-refractivity contribution in [1.29, 1.82) is 0 Å². The number of carbonyl (C=O) groups excluding carboxylic acids is 1. The van der Waals surface area contributed by atoms with Crippen LogP contribution in [0.3, 0.4) is 0 Å². The number of pyridine rings is 1. The number of hydrogen-bond acceptors (Lipinski definition) is 5. The van der Waals surface area contributed by atoms with Gasteiger partial charge in [0.1, 0.15) is 5.69 Å². The second-order valence-electron chi connectivity index (χ2n) is 4.18. The molecule has 0 atom stereocenters. The maximum Gasteiger partial charge on any atom is 0.363 e. The van der Waals surface area contributed by atoms with Gasteiger partial charge in [-0.05, 0) is 32.0 Å². The van der Waals surface area contributed by atoms with Crippen molar-refractivity contribution < 1.29 is 18.4 Å². The fourth-order valence-electron chi connectivity index (χ4n) is 1.99. The lowest BCUT2D eigenvalue weighted by molar-refractivity contribution is 0.111. The van der Waals surface area contributed by atoms with Crippen LogP contribution in [0.5, 0.6) is 0 Å². The van der Waals surface area contributed by atoms with E-state index in [0.717, 1.165) is 9.86 Å². The number of nitrogens with zero attached hydrogens (tertiary/aromatic N) is 1. The maximum atomic E-state index is 13.0. The van der Waals surface area contributed by atoms with Gasteiger partial charge in [0, 0.05) is 9.86 Å². The van der Waals surface area contributed by atoms with E-state index in [-0.39, 0.29) is 18.9 Å². The Kier molecular flexibility index (Phi) is 5.27. The number of halogens is 1. The largest absolute Gasteiger partial charge is 0.363 e. The molecule has 0 aliphatic heterocycles. The van der Waals surface area contributed by atoms with Gasteiger partial charge in [0.05, 0.1) is 24.0 Å². The van der Waals surface area contributed by atoms with E-state index in [1.54, 1.807) is 32.0 Å². The third-order valence-corrected chi connectivity index (χ3v) is 5.36. The Morgan fingerprint density at radius 3 is 2.48 bits per heavy atom. The van der Waals surface area contributed by atoms with Crippen molar-refractivity contribution in [1.82, 2.24) is 4.98 Å². The molecule has 0 fully saturated rings. The summed E-state index contributed by atoms with van der Waals surface area (Å²) in [5, 5.41) is 1.11. The molecule has 1 aromatic heterocycles. The summed E-state index contributed by atoms with van der Waals surface area (Å²) in [5.74, 6) is 0. The van der Waals surface area contributed by atoms with Gasteiger partial charge in [0.15, 0.2) is 6.29 Å². The van der Waals surface area contributed by atoms with Crippen molar-refractivity contribution in [2.45, 2.75) is 13.8 Å². The Hall–Kier alpha value is -1.07. The van der Waals surface area contributed by atoms with Gasteiger partial charge in [-0.15, -0.1) is 0 Å². The monoisotopic (exact) mass is 371 g/mol. The fourth-order valence-corrected chi connectivity index (χ4v) is 4.41. The molecule has 0 bridgehead atoms. The molecule has 0 spiro atoms. The molecule has 0 radical (unpaired) electrons. The minimum Gasteiger partial charge on any atom is -0.305 e. The van der Waals surface area contributed by atoms with Crippen molar-refractivity contribution in [2.75, 3.05) is 13.2 Å². The van der Waals surface area contributed by atoms with Gasteiger partial charge in [0.25, 0.3) is 0 Å². The molecule has 5 nitrogen and oxygen atoms in total. The average molecular weight is 372 g/mol. The van der Waals surface area contributed by atoms with Crippen LogP contribution in [0.15, 0.2) is 28.7 Å². The molecule has 0 saturated carbocycles. The highest BCUT2D eigenvalue weighted by molar-refractivity contribution is 9.10. The van der Waals surface area contributed by atoms with Crippen LogP contribution in [0.4, 0.5) is 0 Å². The Labute approximate surface area is 131 Å². The number of fused-ring (bicyclic) bond motifs is 1. The van der Waals surface area contributed by atoms with Crippen LogP contribution in [0.2, 0.25) is 0 Å². The number of rotatable bonds is 6. The van der Waals surface area contributed by atoms with Crippen molar-refractivity contribution >= 4 is 46.0 Å². The quantitative estimate of drug-likeness (QED) is 0.572. The first-order chi connectivity index (χ1) is 10.0. The minimum absolute atomic E-state index is 0.249. The SMILES string of the molecule is CCOP(=O)(OCC)c1cc(Br)cc2ccc(C=O)nc12. The zero-order chi connectivity index (χ0) is 15.5. The third kappa shape index (κ3) is 3.40. The first kappa shape index (κ1) is 16.3. The van der Waals surface area contributed by atoms with Crippen LogP contribution in [0.1, 0.15) is 24.3 Å². The Morgan fingerprint density at radius 1 is 1.24 bits per heavy atom. The molecule has 7 heteroatoms. The molecule has 0 N–H and O–H groups in total. The van der Waals surface area contributed by atoms with Crippen LogP contribution in [-0.2, 0) is 13.6 Å². The summed E-state index contributed by atoms with van der Waals surface area (Å²) in [6.07, 6.45) is 0.650. The van der Waals surface area contributed by atoms with Crippen molar-refractivity contribution in [3.05, 3.63) is 34.4 Å². The molecular weight excluding hydrogens is 357 g/mol. The molecule has 1 aromatic carbocycles. The first-order valence-electron chi connectivity index (χ1n) is 6.49. The fraction of sp³-hybridized carbons (Fsp3) is 0.286. The molecule has 21 heavy (non-hydrogen) atoms. The van der Waals surface area contributed by atoms with Crippen molar-refractivity contribution in [2.24, 2.45) is 0 Å². The predicted molar refractivity (Wildman–Crippen MR) is 85.3 cm³/mol. The van der Waals surface area contributed by atoms with E-state index in [0.29, 0.717) is 17.1 Å². The lowest BCUT2D eigenvalue weighted by Crippen LogP contribution is -2.13. The van der Waals surface area contributed by atoms with Crippen LogP contribution >= 0.6 is 23.5 Å². The summed E-state index contributed by atoms with van der Waals surface area (Å²) in [4.78, 5) is 15.2. The van der Waals surface area contributed by atoms with E-state index in [9.17, 15) is 9.36 Å². The van der Waals surface area contributed by atoms with E-state index in [1.165, 1.54) is 0 Å². The number of aromatic nitrogens is 1. The highest BCUT2D eigenvalue weighted by Crippen LogP contribution is 2.48. The summed E-state index contributed by atoms with van der Waals surface area (Å²) in [7, 11) is -3.48. The van der Waals surface area contributed by atoms with E-state index < -0.39 is 7.60 Å². The van der Waals surface area contributed by atoms with Crippen molar-refractivity contribution in [3.8, 4) is 0 Å². The predicted octanol–water partition coefficient (Wildman–Crippen LogP) is 3.70. The summed E-state index contributed by atoms with van der Waals surface area (Å²) in [6, 6.07) is 6.86. The Balaban J connectivity index is 2.75. The van der Waals surface area contributed by atoms with Crippen LogP contribution in [0.25, 0.3) is 10.9 Å². The maximum absolute atomic E-state index is 13.0. The first-order valence-corrected chi connectivity index (χ1v) is 8.82. The second-order valence-corrected chi connectivity index (χ2v) is 7.09. The number of benzene rings is 1. The van der Waals surface area contributed by atoms with E-state index in [4.69, 9.17) is 9.05 Å². The highest BCUT2D eigenvalue weighted by Gasteiger charge is 2.30. The van der Waals surface area contributed by atoms with Gasteiger partial charge in [-0.25, -0.2) is 4.98 Å². The van der Waals surface area contributed by atoms with E-state index in [1.807, 2.05) is 6.07 Å². The summed E-state index contributed by atoms with van der Waals surface area (Å²) >= 11 is 3.38. The Bertz CT molecular complexity index is 709. The molecule has 0 amide bonds. The van der Waals surface area contributed by atoms with Gasteiger partial charge in [-0.2, -0.15) is 0 Å². The summed E-state index contributed by atoms with van der Waals surface area (Å²) in [6.45, 7) is 3.99. The number of aldehydes is 1. The van der Waals surface area contributed by atoms with Gasteiger partial charge < -0.3 is 9.05 Å². The zero-order valence-corrected chi connectivity index (χ0v) is 14.2. The van der Waals surface area contributed by atoms with Gasteiger partial charge in [-0.1, -0.05) is 22.0 Å². The molecule has 2 aromatic rings.